The van der Waals surface area contributed by atoms with Crippen LogP contribution in [0.4, 0.5) is 5.82 Å². The van der Waals surface area contributed by atoms with Gasteiger partial charge in [-0.15, -0.1) is 5.10 Å². The maximum absolute atomic E-state index is 4.30. The van der Waals surface area contributed by atoms with Gasteiger partial charge in [0.1, 0.15) is 0 Å². The maximum Gasteiger partial charge on any atom is 0.156 e. The van der Waals surface area contributed by atoms with E-state index in [-0.39, 0.29) is 0 Å². The summed E-state index contributed by atoms with van der Waals surface area (Å²) in [5.41, 5.74) is 0.980. The van der Waals surface area contributed by atoms with E-state index >= 15 is 0 Å². The Morgan fingerprint density at radius 1 is 1.15 bits per heavy atom. The van der Waals surface area contributed by atoms with Crippen LogP contribution in [0.5, 0.6) is 0 Å². The van der Waals surface area contributed by atoms with E-state index < -0.39 is 0 Å². The summed E-state index contributed by atoms with van der Waals surface area (Å²) in [5, 5.41) is 17.7. The quantitative estimate of drug-likeness (QED) is 0.876. The van der Waals surface area contributed by atoms with Crippen LogP contribution in [0, 0.1) is 6.92 Å². The van der Waals surface area contributed by atoms with Crippen molar-refractivity contribution in [3.63, 3.8) is 0 Å². The molecule has 1 aromatic carbocycles. The molecule has 1 saturated heterocycles. The lowest BCUT2D eigenvalue weighted by Crippen LogP contribution is -2.45. The van der Waals surface area contributed by atoms with E-state index in [9.17, 15) is 0 Å². The van der Waals surface area contributed by atoms with Crippen molar-refractivity contribution in [2.75, 3.05) is 44.6 Å². The molecule has 106 valence electrons. The molecule has 0 saturated carbocycles. The molecule has 0 spiro atoms. The number of rotatable bonds is 4. The average Bonchev–Trinajstić information content (AvgIpc) is 2.51. The topological polar surface area (TPSA) is 53.1 Å². The van der Waals surface area contributed by atoms with Crippen molar-refractivity contribution < 1.29 is 0 Å². The van der Waals surface area contributed by atoms with Gasteiger partial charge in [0.15, 0.2) is 5.82 Å². The van der Waals surface area contributed by atoms with E-state index in [0.717, 1.165) is 56.2 Å². The van der Waals surface area contributed by atoms with Crippen LogP contribution in [-0.4, -0.2) is 54.4 Å². The van der Waals surface area contributed by atoms with Crippen LogP contribution in [-0.2, 0) is 0 Å². The van der Waals surface area contributed by atoms with Crippen molar-refractivity contribution in [2.24, 2.45) is 0 Å². The smallest absolute Gasteiger partial charge is 0.156 e. The molecule has 5 heteroatoms. The third kappa shape index (κ3) is 2.89. The zero-order chi connectivity index (χ0) is 13.8. The highest BCUT2D eigenvalue weighted by Gasteiger charge is 2.09. The molecule has 5 nitrogen and oxygen atoms in total. The van der Waals surface area contributed by atoms with Gasteiger partial charge in [-0.3, -0.25) is 4.90 Å². The predicted octanol–water partition coefficient (Wildman–Crippen LogP) is 1.26. The second kappa shape index (κ2) is 6.15. The van der Waals surface area contributed by atoms with Crippen LogP contribution in [0.1, 0.15) is 5.69 Å². The Morgan fingerprint density at radius 2 is 1.90 bits per heavy atom. The average molecular weight is 271 g/mol. The minimum Gasteiger partial charge on any atom is -0.367 e. The van der Waals surface area contributed by atoms with Gasteiger partial charge in [0, 0.05) is 50.0 Å². The molecule has 1 aliphatic heterocycles. The predicted molar refractivity (Wildman–Crippen MR) is 82.1 cm³/mol. The van der Waals surface area contributed by atoms with E-state index in [2.05, 4.69) is 37.9 Å². The van der Waals surface area contributed by atoms with Gasteiger partial charge in [-0.1, -0.05) is 24.3 Å². The standard InChI is InChI=1S/C15H21N5/c1-12-13-4-2-3-5-14(13)15(19-18-12)17-8-11-20-9-6-16-7-10-20/h2-5,16H,6-11H2,1H3,(H,17,19). The lowest BCUT2D eigenvalue weighted by atomic mass is 10.1. The van der Waals surface area contributed by atoms with Crippen LogP contribution in [0.15, 0.2) is 24.3 Å². The Balaban J connectivity index is 1.67. The number of piperazine rings is 1. The van der Waals surface area contributed by atoms with Crippen molar-refractivity contribution in [3.05, 3.63) is 30.0 Å². The molecule has 1 fully saturated rings. The Bertz CT molecular complexity index is 577. The number of nitrogens with zero attached hydrogens (tertiary/aromatic N) is 3. The molecule has 1 aromatic heterocycles. The number of fused-ring (bicyclic) bond motifs is 1. The molecule has 20 heavy (non-hydrogen) atoms. The number of nitrogens with one attached hydrogen (secondary N) is 2. The number of hydrogen-bond acceptors (Lipinski definition) is 5. The molecule has 3 rings (SSSR count). The van der Waals surface area contributed by atoms with Crippen molar-refractivity contribution in [3.8, 4) is 0 Å². The third-order valence-corrected chi connectivity index (χ3v) is 3.80. The zero-order valence-corrected chi connectivity index (χ0v) is 11.9. The van der Waals surface area contributed by atoms with Crippen LogP contribution in [0.25, 0.3) is 10.8 Å². The number of aryl methyl sites for hydroxylation is 1. The number of benzene rings is 1. The summed E-state index contributed by atoms with van der Waals surface area (Å²) in [5.74, 6) is 0.890. The van der Waals surface area contributed by atoms with Crippen LogP contribution in [0.2, 0.25) is 0 Å². The summed E-state index contributed by atoms with van der Waals surface area (Å²) in [4.78, 5) is 2.47. The molecule has 0 amide bonds. The lowest BCUT2D eigenvalue weighted by Gasteiger charge is -2.27. The summed E-state index contributed by atoms with van der Waals surface area (Å²) in [6, 6.07) is 8.29. The molecular weight excluding hydrogens is 250 g/mol. The van der Waals surface area contributed by atoms with Crippen LogP contribution >= 0.6 is 0 Å². The number of hydrogen-bond donors (Lipinski definition) is 2. The number of aromatic nitrogens is 2. The molecule has 0 unspecified atom stereocenters. The van der Waals surface area contributed by atoms with E-state index in [0.29, 0.717) is 0 Å². The highest BCUT2D eigenvalue weighted by atomic mass is 15.2. The first-order valence-electron chi connectivity index (χ1n) is 7.23. The van der Waals surface area contributed by atoms with Gasteiger partial charge in [0.05, 0.1) is 5.69 Å². The monoisotopic (exact) mass is 271 g/mol. The Morgan fingerprint density at radius 3 is 2.70 bits per heavy atom. The first-order chi connectivity index (χ1) is 9.84. The second-order valence-electron chi connectivity index (χ2n) is 5.20. The molecule has 0 bridgehead atoms. The first kappa shape index (κ1) is 13.3. The van der Waals surface area contributed by atoms with Crippen molar-refractivity contribution >= 4 is 16.6 Å². The minimum atomic E-state index is 0.890. The van der Waals surface area contributed by atoms with E-state index in [4.69, 9.17) is 0 Å². The SMILES string of the molecule is Cc1nnc(NCCN2CCNCC2)c2ccccc12. The van der Waals surface area contributed by atoms with Gasteiger partial charge in [-0.2, -0.15) is 5.10 Å². The van der Waals surface area contributed by atoms with Gasteiger partial charge in [0.2, 0.25) is 0 Å². The molecule has 1 aliphatic rings. The highest BCUT2D eigenvalue weighted by Crippen LogP contribution is 2.21. The largest absolute Gasteiger partial charge is 0.367 e. The van der Waals surface area contributed by atoms with Gasteiger partial charge in [0.25, 0.3) is 0 Å². The molecule has 2 aromatic rings. The van der Waals surface area contributed by atoms with E-state index in [1.165, 1.54) is 5.39 Å². The molecule has 0 radical (unpaired) electrons. The first-order valence-corrected chi connectivity index (χ1v) is 7.23. The molecule has 2 N–H and O–H groups in total. The third-order valence-electron chi connectivity index (χ3n) is 3.80. The molecule has 2 heterocycles. The van der Waals surface area contributed by atoms with Crippen molar-refractivity contribution in [2.45, 2.75) is 6.92 Å². The summed E-state index contributed by atoms with van der Waals surface area (Å²) < 4.78 is 0. The molecular formula is C15H21N5. The Kier molecular flexibility index (Phi) is 4.08. The Labute approximate surface area is 119 Å². The summed E-state index contributed by atoms with van der Waals surface area (Å²) in [6.07, 6.45) is 0. The lowest BCUT2D eigenvalue weighted by molar-refractivity contribution is 0.249. The van der Waals surface area contributed by atoms with Gasteiger partial charge in [-0.05, 0) is 6.92 Å². The normalized spacial score (nSPS) is 16.4. The highest BCUT2D eigenvalue weighted by molar-refractivity contribution is 5.92. The minimum absolute atomic E-state index is 0.890. The van der Waals surface area contributed by atoms with Crippen molar-refractivity contribution in [1.29, 1.82) is 0 Å². The van der Waals surface area contributed by atoms with Crippen LogP contribution in [0.3, 0.4) is 0 Å². The summed E-state index contributed by atoms with van der Waals surface area (Å²) in [7, 11) is 0. The fourth-order valence-electron chi connectivity index (χ4n) is 2.64. The van der Waals surface area contributed by atoms with Gasteiger partial charge in [-0.25, -0.2) is 0 Å². The summed E-state index contributed by atoms with van der Waals surface area (Å²) in [6.45, 7) is 8.39. The zero-order valence-electron chi connectivity index (χ0n) is 11.9. The van der Waals surface area contributed by atoms with Gasteiger partial charge < -0.3 is 10.6 Å². The molecule has 0 aliphatic carbocycles. The fraction of sp³-hybridized carbons (Fsp3) is 0.467. The van der Waals surface area contributed by atoms with E-state index in [1.54, 1.807) is 0 Å². The summed E-state index contributed by atoms with van der Waals surface area (Å²) >= 11 is 0. The Hall–Kier alpha value is -1.72. The van der Waals surface area contributed by atoms with Crippen molar-refractivity contribution in [1.82, 2.24) is 20.4 Å². The number of anilines is 1. The second-order valence-corrected chi connectivity index (χ2v) is 5.20. The maximum atomic E-state index is 4.30. The van der Waals surface area contributed by atoms with E-state index in [1.807, 2.05) is 19.1 Å². The van der Waals surface area contributed by atoms with Gasteiger partial charge >= 0.3 is 0 Å². The van der Waals surface area contributed by atoms with Crippen LogP contribution < -0.4 is 10.6 Å². The fourth-order valence-corrected chi connectivity index (χ4v) is 2.64. The molecule has 0 atom stereocenters.